The van der Waals surface area contributed by atoms with E-state index in [9.17, 15) is 9.59 Å². The minimum absolute atomic E-state index is 0.0133. The minimum atomic E-state index is -0.640. The monoisotopic (exact) mass is 273 g/mol. The van der Waals surface area contributed by atoms with Gasteiger partial charge in [-0.25, -0.2) is 0 Å². The van der Waals surface area contributed by atoms with Gasteiger partial charge in [0.15, 0.2) is 11.6 Å². The number of hydroxylamine groups is 2. The maximum Gasteiger partial charge on any atom is 0.179 e. The molecule has 0 spiro atoms. The van der Waals surface area contributed by atoms with E-state index in [0.29, 0.717) is 6.54 Å². The lowest BCUT2D eigenvalue weighted by Gasteiger charge is -2.18. The van der Waals surface area contributed by atoms with Crippen molar-refractivity contribution in [3.8, 4) is 0 Å². The Hall–Kier alpha value is -1.52. The van der Waals surface area contributed by atoms with Crippen LogP contribution in [0.5, 0.6) is 0 Å². The standard InChI is InChI=1S/C16H19NO3/c1-8-5-9(2)12(10(3)6-8)13-14(18)11-7-17(4)20-16(11)15(13)19/h5-6,11,13,16H,7H2,1-4H3/t11-,13?,16?/m1/s1. The molecule has 2 aliphatic rings. The average Bonchev–Trinajstić information content (AvgIpc) is 2.82. The summed E-state index contributed by atoms with van der Waals surface area (Å²) in [6.07, 6.45) is -0.586. The van der Waals surface area contributed by atoms with Crippen LogP contribution in [0.2, 0.25) is 0 Å². The van der Waals surface area contributed by atoms with Crippen LogP contribution in [0.15, 0.2) is 12.1 Å². The van der Waals surface area contributed by atoms with Crippen molar-refractivity contribution in [1.82, 2.24) is 5.06 Å². The highest BCUT2D eigenvalue weighted by molar-refractivity contribution is 6.17. The molecule has 1 aromatic carbocycles. The third kappa shape index (κ3) is 1.83. The Morgan fingerprint density at radius 2 is 1.70 bits per heavy atom. The van der Waals surface area contributed by atoms with E-state index in [1.54, 1.807) is 12.1 Å². The summed E-state index contributed by atoms with van der Waals surface area (Å²) >= 11 is 0. The molecule has 106 valence electrons. The van der Waals surface area contributed by atoms with Crippen LogP contribution < -0.4 is 0 Å². The first-order valence-corrected chi connectivity index (χ1v) is 6.93. The summed E-state index contributed by atoms with van der Waals surface area (Å²) in [4.78, 5) is 30.7. The maximum absolute atomic E-state index is 12.6. The first-order valence-electron chi connectivity index (χ1n) is 6.93. The molecule has 0 amide bonds. The van der Waals surface area contributed by atoms with Gasteiger partial charge in [-0.3, -0.25) is 14.4 Å². The number of rotatable bonds is 1. The molecule has 1 saturated carbocycles. The Labute approximate surface area is 118 Å². The maximum atomic E-state index is 12.6. The quantitative estimate of drug-likeness (QED) is 0.731. The van der Waals surface area contributed by atoms with Crippen LogP contribution in [-0.2, 0) is 14.4 Å². The summed E-state index contributed by atoms with van der Waals surface area (Å²) in [5.41, 5.74) is 4.06. The second-order valence-corrected chi connectivity index (χ2v) is 5.99. The van der Waals surface area contributed by atoms with Crippen LogP contribution >= 0.6 is 0 Å². The molecule has 4 heteroatoms. The molecule has 3 atom stereocenters. The Morgan fingerprint density at radius 3 is 2.25 bits per heavy atom. The van der Waals surface area contributed by atoms with E-state index in [0.717, 1.165) is 22.3 Å². The number of nitrogens with zero attached hydrogens (tertiary/aromatic N) is 1. The lowest BCUT2D eigenvalue weighted by molar-refractivity contribution is -0.154. The van der Waals surface area contributed by atoms with Crippen LogP contribution in [0.1, 0.15) is 28.2 Å². The molecule has 3 rings (SSSR count). The van der Waals surface area contributed by atoms with Crippen LogP contribution in [-0.4, -0.2) is 36.3 Å². The first-order chi connectivity index (χ1) is 9.40. The van der Waals surface area contributed by atoms with Crippen LogP contribution in [0.4, 0.5) is 0 Å². The molecule has 2 unspecified atom stereocenters. The summed E-state index contributed by atoms with van der Waals surface area (Å²) in [6.45, 7) is 6.47. The van der Waals surface area contributed by atoms with E-state index < -0.39 is 12.0 Å². The highest BCUT2D eigenvalue weighted by Crippen LogP contribution is 2.40. The number of aryl methyl sites for hydroxylation is 3. The molecule has 2 fully saturated rings. The number of fused-ring (bicyclic) bond motifs is 1. The van der Waals surface area contributed by atoms with E-state index in [-0.39, 0.29) is 17.5 Å². The summed E-state index contributed by atoms with van der Waals surface area (Å²) in [7, 11) is 1.76. The Bertz CT molecular complexity index is 561. The van der Waals surface area contributed by atoms with Gasteiger partial charge < -0.3 is 0 Å². The van der Waals surface area contributed by atoms with Gasteiger partial charge in [-0.05, 0) is 37.5 Å². The van der Waals surface area contributed by atoms with Gasteiger partial charge >= 0.3 is 0 Å². The second kappa shape index (κ2) is 4.50. The number of hydrogen-bond donors (Lipinski definition) is 0. The van der Waals surface area contributed by atoms with E-state index in [1.807, 2.05) is 32.9 Å². The number of carbonyl (C=O) groups excluding carboxylic acids is 2. The van der Waals surface area contributed by atoms with Gasteiger partial charge in [0, 0.05) is 13.6 Å². The third-order valence-corrected chi connectivity index (χ3v) is 4.35. The zero-order valence-electron chi connectivity index (χ0n) is 12.3. The number of Topliss-reactive ketones (excluding diaryl/α,β-unsaturated/α-hetero) is 2. The number of hydrogen-bond acceptors (Lipinski definition) is 4. The number of carbonyl (C=O) groups is 2. The van der Waals surface area contributed by atoms with E-state index in [4.69, 9.17) is 4.84 Å². The van der Waals surface area contributed by atoms with Crippen molar-refractivity contribution < 1.29 is 14.4 Å². The molecular weight excluding hydrogens is 254 g/mol. The molecule has 0 N–H and O–H groups in total. The van der Waals surface area contributed by atoms with Crippen molar-refractivity contribution >= 4 is 11.6 Å². The molecule has 1 aromatic rings. The fourth-order valence-corrected chi connectivity index (χ4v) is 3.62. The molecule has 20 heavy (non-hydrogen) atoms. The first kappa shape index (κ1) is 13.5. The molecule has 0 bridgehead atoms. The van der Waals surface area contributed by atoms with Crippen LogP contribution in [0, 0.1) is 26.7 Å². The molecular formula is C16H19NO3. The highest BCUT2D eigenvalue weighted by Gasteiger charge is 2.55. The van der Waals surface area contributed by atoms with Gasteiger partial charge in [-0.2, -0.15) is 5.06 Å². The van der Waals surface area contributed by atoms with Crippen LogP contribution in [0.25, 0.3) is 0 Å². The van der Waals surface area contributed by atoms with E-state index >= 15 is 0 Å². The zero-order chi connectivity index (χ0) is 14.6. The second-order valence-electron chi connectivity index (χ2n) is 5.99. The Morgan fingerprint density at radius 1 is 1.10 bits per heavy atom. The molecule has 1 aliphatic carbocycles. The van der Waals surface area contributed by atoms with Crippen molar-refractivity contribution in [2.24, 2.45) is 5.92 Å². The molecule has 1 saturated heterocycles. The molecule has 1 aliphatic heterocycles. The number of benzene rings is 1. The van der Waals surface area contributed by atoms with Crippen LogP contribution in [0.3, 0.4) is 0 Å². The van der Waals surface area contributed by atoms with Crippen molar-refractivity contribution in [3.05, 3.63) is 34.4 Å². The summed E-state index contributed by atoms with van der Waals surface area (Å²) < 4.78 is 0. The Kier molecular flexibility index (Phi) is 3.03. The molecule has 0 radical (unpaired) electrons. The third-order valence-electron chi connectivity index (χ3n) is 4.35. The summed E-state index contributed by atoms with van der Waals surface area (Å²) in [6, 6.07) is 4.06. The van der Waals surface area contributed by atoms with E-state index in [2.05, 4.69) is 0 Å². The minimum Gasteiger partial charge on any atom is -0.298 e. The normalized spacial score (nSPS) is 30.1. The molecule has 4 nitrogen and oxygen atoms in total. The summed E-state index contributed by atoms with van der Waals surface area (Å²) in [5, 5.41) is 1.59. The fraction of sp³-hybridized carbons (Fsp3) is 0.500. The van der Waals surface area contributed by atoms with Crippen molar-refractivity contribution in [3.63, 3.8) is 0 Å². The SMILES string of the molecule is Cc1cc(C)c(C2C(=O)C3ON(C)C[C@@H]3C2=O)c(C)c1. The van der Waals surface area contributed by atoms with Crippen molar-refractivity contribution in [1.29, 1.82) is 0 Å². The highest BCUT2D eigenvalue weighted by atomic mass is 16.7. The van der Waals surface area contributed by atoms with Gasteiger partial charge in [-0.15, -0.1) is 0 Å². The van der Waals surface area contributed by atoms with Crippen molar-refractivity contribution in [2.45, 2.75) is 32.8 Å². The van der Waals surface area contributed by atoms with Gasteiger partial charge in [0.2, 0.25) is 0 Å². The van der Waals surface area contributed by atoms with Gasteiger partial charge in [0.1, 0.15) is 12.0 Å². The predicted octanol–water partition coefficient (Wildman–Crippen LogP) is 1.71. The van der Waals surface area contributed by atoms with Gasteiger partial charge in [0.05, 0.1) is 5.92 Å². The topological polar surface area (TPSA) is 46.6 Å². The largest absolute Gasteiger partial charge is 0.298 e. The summed E-state index contributed by atoms with van der Waals surface area (Å²) in [5.74, 6) is -1.02. The number of ketones is 2. The molecule has 0 aromatic heterocycles. The Balaban J connectivity index is 2.05. The van der Waals surface area contributed by atoms with Gasteiger partial charge in [-0.1, -0.05) is 17.7 Å². The zero-order valence-corrected chi connectivity index (χ0v) is 12.3. The van der Waals surface area contributed by atoms with Crippen molar-refractivity contribution in [2.75, 3.05) is 13.6 Å². The predicted molar refractivity (Wildman–Crippen MR) is 74.4 cm³/mol. The smallest absolute Gasteiger partial charge is 0.179 e. The fourth-order valence-electron chi connectivity index (χ4n) is 3.62. The van der Waals surface area contributed by atoms with Gasteiger partial charge in [0.25, 0.3) is 0 Å². The lowest BCUT2D eigenvalue weighted by atomic mass is 9.86. The molecule has 1 heterocycles. The van der Waals surface area contributed by atoms with E-state index in [1.165, 1.54) is 0 Å². The average molecular weight is 273 g/mol. The lowest BCUT2D eigenvalue weighted by Crippen LogP contribution is -2.25.